The summed E-state index contributed by atoms with van der Waals surface area (Å²) in [4.78, 5) is 20.0. The SMILES string of the molecule is CCOC(=O)N1CCN(C(=NC)NCc2cccc(C)c2)CC1. The van der Waals surface area contributed by atoms with Gasteiger partial charge in [0.1, 0.15) is 0 Å². The molecule has 23 heavy (non-hydrogen) atoms. The largest absolute Gasteiger partial charge is 0.450 e. The summed E-state index contributed by atoms with van der Waals surface area (Å²) in [5.74, 6) is 0.870. The van der Waals surface area contributed by atoms with Gasteiger partial charge in [-0.25, -0.2) is 4.79 Å². The van der Waals surface area contributed by atoms with Gasteiger partial charge in [0.15, 0.2) is 5.96 Å². The highest BCUT2D eigenvalue weighted by molar-refractivity contribution is 5.80. The van der Waals surface area contributed by atoms with Crippen LogP contribution in [0.4, 0.5) is 4.79 Å². The summed E-state index contributed by atoms with van der Waals surface area (Å²) in [5, 5.41) is 3.39. The molecule has 1 aromatic rings. The zero-order valence-corrected chi connectivity index (χ0v) is 14.2. The maximum atomic E-state index is 11.7. The summed E-state index contributed by atoms with van der Waals surface area (Å²) >= 11 is 0. The van der Waals surface area contributed by atoms with Crippen molar-refractivity contribution >= 4 is 12.1 Å². The van der Waals surface area contributed by atoms with Gasteiger partial charge in [0.05, 0.1) is 6.61 Å². The molecule has 1 saturated heterocycles. The Bertz CT molecular complexity index is 551. The second-order valence-electron chi connectivity index (χ2n) is 5.56. The van der Waals surface area contributed by atoms with Crippen LogP contribution in [0, 0.1) is 6.92 Å². The number of rotatable bonds is 3. The van der Waals surface area contributed by atoms with E-state index in [4.69, 9.17) is 4.74 Å². The summed E-state index contributed by atoms with van der Waals surface area (Å²) in [6.45, 7) is 7.90. The summed E-state index contributed by atoms with van der Waals surface area (Å²) in [6, 6.07) is 8.42. The standard InChI is InChI=1S/C17H26N4O2/c1-4-23-17(22)21-10-8-20(9-11-21)16(18-3)19-13-15-7-5-6-14(2)12-15/h5-7,12H,4,8-11,13H2,1-3H3,(H,18,19). The molecule has 0 atom stereocenters. The molecular weight excluding hydrogens is 292 g/mol. The molecule has 0 aliphatic carbocycles. The number of guanidine groups is 1. The van der Waals surface area contributed by atoms with E-state index in [9.17, 15) is 4.79 Å². The quantitative estimate of drug-likeness (QED) is 0.682. The molecule has 1 aromatic carbocycles. The van der Waals surface area contributed by atoms with Gasteiger partial charge in [0, 0.05) is 39.8 Å². The van der Waals surface area contributed by atoms with Gasteiger partial charge in [-0.3, -0.25) is 4.99 Å². The van der Waals surface area contributed by atoms with E-state index in [1.165, 1.54) is 11.1 Å². The molecule has 0 aromatic heterocycles. The molecule has 0 unspecified atom stereocenters. The first-order valence-electron chi connectivity index (χ1n) is 8.07. The third kappa shape index (κ3) is 4.87. The van der Waals surface area contributed by atoms with Gasteiger partial charge in [-0.1, -0.05) is 29.8 Å². The van der Waals surface area contributed by atoms with Crippen LogP contribution in [-0.2, 0) is 11.3 Å². The predicted molar refractivity (Wildman–Crippen MR) is 91.5 cm³/mol. The molecule has 6 heteroatoms. The third-order valence-corrected chi connectivity index (χ3v) is 3.85. The van der Waals surface area contributed by atoms with Crippen molar-refractivity contribution in [3.05, 3.63) is 35.4 Å². The Morgan fingerprint density at radius 1 is 1.26 bits per heavy atom. The van der Waals surface area contributed by atoms with Crippen molar-refractivity contribution < 1.29 is 9.53 Å². The van der Waals surface area contributed by atoms with Gasteiger partial charge in [0.25, 0.3) is 0 Å². The summed E-state index contributed by atoms with van der Waals surface area (Å²) in [5.41, 5.74) is 2.48. The first-order valence-corrected chi connectivity index (χ1v) is 8.07. The van der Waals surface area contributed by atoms with Crippen LogP contribution in [0.5, 0.6) is 0 Å². The predicted octanol–water partition coefficient (Wildman–Crippen LogP) is 1.84. The number of nitrogens with zero attached hydrogens (tertiary/aromatic N) is 3. The number of hydrogen-bond donors (Lipinski definition) is 1. The molecule has 0 saturated carbocycles. The number of aliphatic imine (C=N–C) groups is 1. The van der Waals surface area contributed by atoms with Crippen molar-refractivity contribution in [1.82, 2.24) is 15.1 Å². The lowest BCUT2D eigenvalue weighted by atomic mass is 10.1. The van der Waals surface area contributed by atoms with Gasteiger partial charge in [-0.05, 0) is 19.4 Å². The highest BCUT2D eigenvalue weighted by atomic mass is 16.6. The summed E-state index contributed by atoms with van der Waals surface area (Å²) in [7, 11) is 1.79. The third-order valence-electron chi connectivity index (χ3n) is 3.85. The number of ether oxygens (including phenoxy) is 1. The topological polar surface area (TPSA) is 57.2 Å². The van der Waals surface area contributed by atoms with Crippen molar-refractivity contribution in [2.45, 2.75) is 20.4 Å². The second kappa shape index (κ2) is 8.41. The molecule has 1 amide bonds. The van der Waals surface area contributed by atoms with E-state index in [2.05, 4.69) is 46.4 Å². The average molecular weight is 318 g/mol. The van der Waals surface area contributed by atoms with E-state index in [1.54, 1.807) is 11.9 Å². The Balaban J connectivity index is 1.84. The van der Waals surface area contributed by atoms with Gasteiger partial charge in [-0.15, -0.1) is 0 Å². The molecule has 0 bridgehead atoms. The second-order valence-corrected chi connectivity index (χ2v) is 5.56. The van der Waals surface area contributed by atoms with Crippen LogP contribution in [-0.4, -0.2) is 61.7 Å². The molecule has 1 aliphatic rings. The Morgan fingerprint density at radius 3 is 2.57 bits per heavy atom. The van der Waals surface area contributed by atoms with Crippen molar-refractivity contribution in [1.29, 1.82) is 0 Å². The average Bonchev–Trinajstić information content (AvgIpc) is 2.56. The van der Waals surface area contributed by atoms with Crippen LogP contribution >= 0.6 is 0 Å². The Morgan fingerprint density at radius 2 is 1.96 bits per heavy atom. The minimum atomic E-state index is -0.227. The maximum absolute atomic E-state index is 11.7. The fourth-order valence-electron chi connectivity index (χ4n) is 2.65. The van der Waals surface area contributed by atoms with E-state index in [1.807, 2.05) is 6.92 Å². The van der Waals surface area contributed by atoms with E-state index < -0.39 is 0 Å². The van der Waals surface area contributed by atoms with Crippen molar-refractivity contribution in [3.63, 3.8) is 0 Å². The molecule has 1 heterocycles. The maximum Gasteiger partial charge on any atom is 0.409 e. The number of hydrogen-bond acceptors (Lipinski definition) is 3. The number of amides is 1. The van der Waals surface area contributed by atoms with Crippen LogP contribution in [0.3, 0.4) is 0 Å². The van der Waals surface area contributed by atoms with Crippen LogP contribution in [0.2, 0.25) is 0 Å². The normalized spacial score (nSPS) is 15.5. The van der Waals surface area contributed by atoms with Crippen LogP contribution in [0.1, 0.15) is 18.1 Å². The smallest absolute Gasteiger partial charge is 0.409 e. The Kier molecular flexibility index (Phi) is 6.26. The van der Waals surface area contributed by atoms with Crippen molar-refractivity contribution in [2.24, 2.45) is 4.99 Å². The van der Waals surface area contributed by atoms with E-state index in [0.717, 1.165) is 25.6 Å². The van der Waals surface area contributed by atoms with Gasteiger partial charge >= 0.3 is 6.09 Å². The van der Waals surface area contributed by atoms with Crippen molar-refractivity contribution in [3.8, 4) is 0 Å². The van der Waals surface area contributed by atoms with Gasteiger partial charge in [0.2, 0.25) is 0 Å². The van der Waals surface area contributed by atoms with Crippen LogP contribution in [0.25, 0.3) is 0 Å². The van der Waals surface area contributed by atoms with Gasteiger partial charge < -0.3 is 19.9 Å². The summed E-state index contributed by atoms with van der Waals surface area (Å²) in [6.07, 6.45) is -0.227. The minimum Gasteiger partial charge on any atom is -0.450 e. The summed E-state index contributed by atoms with van der Waals surface area (Å²) < 4.78 is 5.04. The molecule has 0 radical (unpaired) electrons. The number of aryl methyl sites for hydroxylation is 1. The minimum absolute atomic E-state index is 0.227. The molecule has 2 rings (SSSR count). The Labute approximate surface area is 138 Å². The first kappa shape index (κ1) is 17.1. The molecular formula is C17H26N4O2. The lowest BCUT2D eigenvalue weighted by Crippen LogP contribution is -2.53. The van der Waals surface area contributed by atoms with Crippen LogP contribution in [0.15, 0.2) is 29.3 Å². The molecule has 126 valence electrons. The zero-order valence-electron chi connectivity index (χ0n) is 14.2. The van der Waals surface area contributed by atoms with E-state index in [0.29, 0.717) is 19.7 Å². The van der Waals surface area contributed by atoms with E-state index in [-0.39, 0.29) is 6.09 Å². The number of nitrogens with one attached hydrogen (secondary N) is 1. The monoisotopic (exact) mass is 318 g/mol. The fourth-order valence-corrected chi connectivity index (χ4v) is 2.65. The van der Waals surface area contributed by atoms with Gasteiger partial charge in [-0.2, -0.15) is 0 Å². The highest BCUT2D eigenvalue weighted by Crippen LogP contribution is 2.06. The number of carbonyl (C=O) groups is 1. The Hall–Kier alpha value is -2.24. The molecule has 0 spiro atoms. The molecule has 1 N–H and O–H groups in total. The molecule has 1 aliphatic heterocycles. The number of carbonyl (C=O) groups excluding carboxylic acids is 1. The van der Waals surface area contributed by atoms with E-state index >= 15 is 0 Å². The lowest BCUT2D eigenvalue weighted by molar-refractivity contribution is 0.0914. The lowest BCUT2D eigenvalue weighted by Gasteiger charge is -2.35. The van der Waals surface area contributed by atoms with Crippen LogP contribution < -0.4 is 5.32 Å². The number of benzene rings is 1. The zero-order chi connectivity index (χ0) is 16.7. The molecule has 6 nitrogen and oxygen atoms in total. The number of piperazine rings is 1. The van der Waals surface area contributed by atoms with Crippen molar-refractivity contribution in [2.75, 3.05) is 39.8 Å². The molecule has 1 fully saturated rings. The first-order chi connectivity index (χ1) is 11.1. The highest BCUT2D eigenvalue weighted by Gasteiger charge is 2.23. The fraction of sp³-hybridized carbons (Fsp3) is 0.529.